The monoisotopic (exact) mass is 497 g/mol. The second kappa shape index (κ2) is 8.69. The van der Waals surface area contributed by atoms with Crippen molar-refractivity contribution in [3.8, 4) is 16.9 Å². The van der Waals surface area contributed by atoms with Gasteiger partial charge in [0, 0.05) is 36.6 Å². The number of anilines is 1. The summed E-state index contributed by atoms with van der Waals surface area (Å²) in [4.78, 5) is 29.5. The summed E-state index contributed by atoms with van der Waals surface area (Å²) >= 11 is 6.24. The number of nitrogens with zero attached hydrogens (tertiary/aromatic N) is 4. The molecule has 2 N–H and O–H groups in total. The third kappa shape index (κ3) is 4.39. The Labute approximate surface area is 205 Å². The van der Waals surface area contributed by atoms with E-state index in [0.29, 0.717) is 42.8 Å². The van der Waals surface area contributed by atoms with Crippen LogP contribution in [0, 0.1) is 5.92 Å². The summed E-state index contributed by atoms with van der Waals surface area (Å²) in [5, 5.41) is 17.2. The third-order valence-electron chi connectivity index (χ3n) is 6.80. The molecule has 0 aromatic carbocycles. The van der Waals surface area contributed by atoms with Crippen LogP contribution >= 0.6 is 11.6 Å². The Kier molecular flexibility index (Phi) is 5.49. The second-order valence-corrected chi connectivity index (χ2v) is 9.71. The van der Waals surface area contributed by atoms with Crippen LogP contribution in [0.25, 0.3) is 16.6 Å². The smallest absolute Gasteiger partial charge is 0.407 e. The molecule has 5 heterocycles. The van der Waals surface area contributed by atoms with Crippen molar-refractivity contribution in [1.82, 2.24) is 19.5 Å². The van der Waals surface area contributed by atoms with E-state index in [1.54, 1.807) is 16.8 Å². The van der Waals surface area contributed by atoms with Crippen molar-refractivity contribution in [2.24, 2.45) is 5.92 Å². The maximum Gasteiger partial charge on any atom is 0.407 e. The van der Waals surface area contributed by atoms with Crippen molar-refractivity contribution in [1.29, 1.82) is 0 Å². The molecule has 2 saturated heterocycles. The molecule has 0 radical (unpaired) electrons. The van der Waals surface area contributed by atoms with Crippen LogP contribution in [0.1, 0.15) is 25.7 Å². The van der Waals surface area contributed by atoms with Crippen LogP contribution in [0.3, 0.4) is 0 Å². The highest BCUT2D eigenvalue weighted by molar-refractivity contribution is 6.29. The van der Waals surface area contributed by atoms with Gasteiger partial charge in [-0.2, -0.15) is 5.10 Å². The Bertz CT molecular complexity index is 1290. The summed E-state index contributed by atoms with van der Waals surface area (Å²) in [6.45, 7) is 0.734. The molecule has 3 aliphatic rings. The fourth-order valence-corrected chi connectivity index (χ4v) is 5.14. The standard InChI is InChI=1S/C24H24ClN5O5/c25-21-9-19(14-3-4-29-15(5-14)8-22(28-29)27-23(31)13-1-2-13)20(10-26-21)35-18-6-16-11-34-12-17(7-18)30(16)24(32)33/h3-5,8-10,13,16-18H,1-2,6-7,11-12H2,(H,32,33)(H,27,28,31)/t16-,17+,18?. The van der Waals surface area contributed by atoms with Gasteiger partial charge in [0.05, 0.1) is 37.0 Å². The number of carbonyl (C=O) groups is 2. The number of fused-ring (bicyclic) bond motifs is 3. The molecule has 10 nitrogen and oxygen atoms in total. The number of pyridine rings is 2. The van der Waals surface area contributed by atoms with Crippen LogP contribution in [0.2, 0.25) is 5.15 Å². The Morgan fingerprint density at radius 2 is 1.94 bits per heavy atom. The minimum Gasteiger partial charge on any atom is -0.488 e. The highest BCUT2D eigenvalue weighted by atomic mass is 35.5. The number of halogens is 1. The van der Waals surface area contributed by atoms with Crippen LogP contribution in [0.15, 0.2) is 36.7 Å². The van der Waals surface area contributed by atoms with E-state index in [2.05, 4.69) is 15.4 Å². The van der Waals surface area contributed by atoms with Gasteiger partial charge < -0.3 is 19.9 Å². The normalized spacial score (nSPS) is 23.8. The van der Waals surface area contributed by atoms with Gasteiger partial charge in [-0.3, -0.25) is 9.69 Å². The number of aromatic nitrogens is 3. The summed E-state index contributed by atoms with van der Waals surface area (Å²) < 4.78 is 13.7. The summed E-state index contributed by atoms with van der Waals surface area (Å²) in [5.74, 6) is 1.20. The van der Waals surface area contributed by atoms with Crippen LogP contribution in [0.4, 0.5) is 10.6 Å². The van der Waals surface area contributed by atoms with Crippen LogP contribution in [-0.2, 0) is 9.53 Å². The van der Waals surface area contributed by atoms with Crippen LogP contribution < -0.4 is 10.1 Å². The average molecular weight is 498 g/mol. The first-order valence-electron chi connectivity index (χ1n) is 11.7. The van der Waals surface area contributed by atoms with Gasteiger partial charge in [0.15, 0.2) is 5.82 Å². The number of morpholine rings is 1. The quantitative estimate of drug-likeness (QED) is 0.516. The minimum absolute atomic E-state index is 0.00865. The van der Waals surface area contributed by atoms with Crippen LogP contribution in [0.5, 0.6) is 5.75 Å². The highest BCUT2D eigenvalue weighted by Crippen LogP contribution is 2.36. The van der Waals surface area contributed by atoms with E-state index >= 15 is 0 Å². The van der Waals surface area contributed by atoms with Crippen molar-refractivity contribution in [3.05, 3.63) is 41.8 Å². The largest absolute Gasteiger partial charge is 0.488 e. The predicted molar refractivity (Wildman–Crippen MR) is 127 cm³/mol. The molecule has 3 atom stereocenters. The Morgan fingerprint density at radius 3 is 2.66 bits per heavy atom. The Morgan fingerprint density at radius 1 is 1.17 bits per heavy atom. The summed E-state index contributed by atoms with van der Waals surface area (Å²) in [7, 11) is 0. The zero-order chi connectivity index (χ0) is 24.1. The number of rotatable bonds is 5. The lowest BCUT2D eigenvalue weighted by Gasteiger charge is -2.46. The summed E-state index contributed by atoms with van der Waals surface area (Å²) in [5.41, 5.74) is 2.46. The van der Waals surface area contributed by atoms with E-state index < -0.39 is 6.09 Å². The molecule has 182 valence electrons. The highest BCUT2D eigenvalue weighted by Gasteiger charge is 2.42. The van der Waals surface area contributed by atoms with Crippen molar-refractivity contribution in [3.63, 3.8) is 0 Å². The number of nitrogens with one attached hydrogen (secondary N) is 1. The third-order valence-corrected chi connectivity index (χ3v) is 7.01. The number of piperidine rings is 1. The predicted octanol–water partition coefficient (Wildman–Crippen LogP) is 3.69. The van der Waals surface area contributed by atoms with Crippen LogP contribution in [-0.4, -0.2) is 68.0 Å². The number of carboxylic acid groups (broad SMARTS) is 1. The van der Waals surface area contributed by atoms with Gasteiger partial charge >= 0.3 is 6.09 Å². The number of amides is 2. The summed E-state index contributed by atoms with van der Waals surface area (Å²) in [6, 6.07) is 6.97. The van der Waals surface area contributed by atoms with Gasteiger partial charge in [0.25, 0.3) is 0 Å². The molecule has 2 amide bonds. The van der Waals surface area contributed by atoms with Gasteiger partial charge in [-0.15, -0.1) is 0 Å². The SMILES string of the molecule is O=C(Nc1cc2cc(-c3cc(Cl)ncc3OC3C[C@H]4COC[C@@H](C3)N4C(=O)O)ccn2n1)C1CC1. The maximum absolute atomic E-state index is 12.1. The van der Waals surface area contributed by atoms with Crippen molar-refractivity contribution in [2.45, 2.75) is 43.9 Å². The van der Waals surface area contributed by atoms with Crippen molar-refractivity contribution >= 4 is 34.9 Å². The molecule has 1 aliphatic carbocycles. The molecule has 35 heavy (non-hydrogen) atoms. The lowest BCUT2D eigenvalue weighted by molar-refractivity contribution is -0.117. The first-order chi connectivity index (χ1) is 16.9. The number of carbonyl (C=O) groups excluding carboxylic acids is 1. The zero-order valence-corrected chi connectivity index (χ0v) is 19.5. The van der Waals surface area contributed by atoms with E-state index in [1.165, 1.54) is 4.90 Å². The van der Waals surface area contributed by atoms with E-state index in [-0.39, 0.29) is 30.0 Å². The van der Waals surface area contributed by atoms with Crippen molar-refractivity contribution < 1.29 is 24.2 Å². The Hall–Kier alpha value is -3.37. The second-order valence-electron chi connectivity index (χ2n) is 9.33. The minimum atomic E-state index is -0.919. The molecule has 2 bridgehead atoms. The molecule has 3 aromatic heterocycles. The van der Waals surface area contributed by atoms with Gasteiger partial charge in [-0.05, 0) is 36.6 Å². The van der Waals surface area contributed by atoms with Gasteiger partial charge in [-0.25, -0.2) is 14.3 Å². The van der Waals surface area contributed by atoms with E-state index in [9.17, 15) is 14.7 Å². The molecular weight excluding hydrogens is 474 g/mol. The van der Waals surface area contributed by atoms with E-state index in [0.717, 1.165) is 29.5 Å². The van der Waals surface area contributed by atoms with Gasteiger partial charge in [0.2, 0.25) is 5.91 Å². The Balaban J connectivity index is 1.26. The molecule has 1 saturated carbocycles. The molecule has 6 rings (SSSR count). The fraction of sp³-hybridized carbons (Fsp3) is 0.417. The van der Waals surface area contributed by atoms with Crippen molar-refractivity contribution in [2.75, 3.05) is 18.5 Å². The lowest BCUT2D eigenvalue weighted by Crippen LogP contribution is -2.60. The topological polar surface area (TPSA) is 118 Å². The molecule has 3 fully saturated rings. The average Bonchev–Trinajstić information content (AvgIpc) is 3.59. The molecule has 3 aromatic rings. The zero-order valence-electron chi connectivity index (χ0n) is 18.8. The number of hydrogen-bond donors (Lipinski definition) is 2. The molecule has 2 aliphatic heterocycles. The summed E-state index contributed by atoms with van der Waals surface area (Å²) in [6.07, 6.45) is 5.27. The molecule has 11 heteroatoms. The molecular formula is C24H24ClN5O5. The van der Waals surface area contributed by atoms with E-state index in [1.807, 2.05) is 24.4 Å². The first kappa shape index (κ1) is 22.1. The number of hydrogen-bond acceptors (Lipinski definition) is 6. The first-order valence-corrected chi connectivity index (χ1v) is 12.0. The van der Waals surface area contributed by atoms with E-state index in [4.69, 9.17) is 21.1 Å². The lowest BCUT2D eigenvalue weighted by atomic mass is 9.92. The van der Waals surface area contributed by atoms with Gasteiger partial charge in [-0.1, -0.05) is 11.6 Å². The maximum atomic E-state index is 12.1. The fourth-order valence-electron chi connectivity index (χ4n) is 4.99. The van der Waals surface area contributed by atoms with Gasteiger partial charge in [0.1, 0.15) is 17.0 Å². The molecule has 0 spiro atoms. The number of ether oxygens (including phenoxy) is 2. The molecule has 1 unspecified atom stereocenters.